The second kappa shape index (κ2) is 5.38. The molecule has 0 saturated heterocycles. The van der Waals surface area contributed by atoms with Crippen LogP contribution in [0.5, 0.6) is 0 Å². The summed E-state index contributed by atoms with van der Waals surface area (Å²) in [6.45, 7) is 3.47. The van der Waals surface area contributed by atoms with Crippen molar-refractivity contribution in [2.24, 2.45) is 5.92 Å². The Kier molecular flexibility index (Phi) is 4.15. The van der Waals surface area contributed by atoms with Gasteiger partial charge in [-0.25, -0.2) is 9.59 Å². The van der Waals surface area contributed by atoms with Gasteiger partial charge in [-0.3, -0.25) is 0 Å². The van der Waals surface area contributed by atoms with Crippen LogP contribution in [0.3, 0.4) is 0 Å². The molecule has 0 radical (unpaired) electrons. The molecule has 5 heteroatoms. The number of hydrogen-bond donors (Lipinski definition) is 2. The third-order valence-electron chi connectivity index (χ3n) is 2.49. The normalized spacial score (nSPS) is 17.3. The largest absolute Gasteiger partial charge is 0.480 e. The quantitative estimate of drug-likeness (QED) is 0.672. The van der Waals surface area contributed by atoms with Crippen molar-refractivity contribution in [2.75, 3.05) is 6.61 Å². The zero-order valence-corrected chi connectivity index (χ0v) is 8.44. The average molecular weight is 213 g/mol. The SMILES string of the molecule is C=CCOC(=O)NC(C(=O)O)C1CCC1. The molecular formula is C10H15NO4. The van der Waals surface area contributed by atoms with Crippen molar-refractivity contribution in [1.82, 2.24) is 5.32 Å². The maximum Gasteiger partial charge on any atom is 0.408 e. The van der Waals surface area contributed by atoms with Gasteiger partial charge < -0.3 is 15.2 Å². The van der Waals surface area contributed by atoms with Gasteiger partial charge in [0.25, 0.3) is 0 Å². The molecule has 1 amide bonds. The number of carbonyl (C=O) groups excluding carboxylic acids is 1. The number of carbonyl (C=O) groups is 2. The van der Waals surface area contributed by atoms with E-state index < -0.39 is 18.1 Å². The summed E-state index contributed by atoms with van der Waals surface area (Å²) in [6.07, 6.45) is 3.45. The number of alkyl carbamates (subject to hydrolysis) is 1. The predicted molar refractivity (Wildman–Crippen MR) is 53.4 cm³/mol. The minimum atomic E-state index is -1.00. The highest BCUT2D eigenvalue weighted by molar-refractivity contribution is 5.80. The van der Waals surface area contributed by atoms with E-state index in [4.69, 9.17) is 5.11 Å². The molecule has 0 aromatic heterocycles. The van der Waals surface area contributed by atoms with Crippen LogP contribution in [0.1, 0.15) is 19.3 Å². The molecule has 0 spiro atoms. The van der Waals surface area contributed by atoms with Crippen molar-refractivity contribution in [1.29, 1.82) is 0 Å². The van der Waals surface area contributed by atoms with Crippen molar-refractivity contribution in [3.8, 4) is 0 Å². The topological polar surface area (TPSA) is 75.6 Å². The molecule has 1 saturated carbocycles. The van der Waals surface area contributed by atoms with Crippen LogP contribution >= 0.6 is 0 Å². The van der Waals surface area contributed by atoms with Crippen molar-refractivity contribution in [3.05, 3.63) is 12.7 Å². The molecule has 1 unspecified atom stereocenters. The number of ether oxygens (including phenoxy) is 1. The molecule has 15 heavy (non-hydrogen) atoms. The Balaban J connectivity index is 2.39. The first kappa shape index (κ1) is 11.6. The number of aliphatic carboxylic acids is 1. The number of rotatable bonds is 5. The standard InChI is InChI=1S/C10H15NO4/c1-2-6-15-10(14)11-8(9(12)13)7-4-3-5-7/h2,7-8H,1,3-6H2,(H,11,14)(H,12,13). The predicted octanol–water partition coefficient (Wildman–Crippen LogP) is 1.15. The maximum absolute atomic E-state index is 11.1. The highest BCUT2D eigenvalue weighted by atomic mass is 16.5. The Morgan fingerprint density at radius 1 is 1.60 bits per heavy atom. The lowest BCUT2D eigenvalue weighted by Crippen LogP contribution is -2.48. The fourth-order valence-electron chi connectivity index (χ4n) is 1.46. The summed E-state index contributed by atoms with van der Waals surface area (Å²) in [4.78, 5) is 22.0. The third kappa shape index (κ3) is 3.27. The van der Waals surface area contributed by atoms with E-state index in [0.29, 0.717) is 0 Å². The number of hydrogen-bond acceptors (Lipinski definition) is 3. The lowest BCUT2D eigenvalue weighted by atomic mass is 9.80. The zero-order chi connectivity index (χ0) is 11.3. The first-order valence-electron chi connectivity index (χ1n) is 4.92. The molecule has 5 nitrogen and oxygen atoms in total. The van der Waals surface area contributed by atoms with E-state index in [1.807, 2.05) is 0 Å². The highest BCUT2D eigenvalue weighted by Gasteiger charge is 2.33. The second-order valence-electron chi connectivity index (χ2n) is 3.54. The Bertz CT molecular complexity index is 260. The van der Waals surface area contributed by atoms with E-state index in [2.05, 4.69) is 16.6 Å². The van der Waals surface area contributed by atoms with E-state index in [1.54, 1.807) is 0 Å². The van der Waals surface area contributed by atoms with Gasteiger partial charge in [-0.15, -0.1) is 0 Å². The molecule has 1 aliphatic carbocycles. The van der Waals surface area contributed by atoms with E-state index >= 15 is 0 Å². The molecule has 1 fully saturated rings. The summed E-state index contributed by atoms with van der Waals surface area (Å²) in [6, 6.07) is -0.823. The number of nitrogens with one attached hydrogen (secondary N) is 1. The number of carboxylic acid groups (broad SMARTS) is 1. The molecule has 1 aliphatic rings. The lowest BCUT2D eigenvalue weighted by Gasteiger charge is -2.31. The van der Waals surface area contributed by atoms with Gasteiger partial charge in [0.05, 0.1) is 0 Å². The van der Waals surface area contributed by atoms with Crippen LogP contribution in [0, 0.1) is 5.92 Å². The van der Waals surface area contributed by atoms with E-state index in [9.17, 15) is 9.59 Å². The van der Waals surface area contributed by atoms with Crippen LogP contribution < -0.4 is 5.32 Å². The van der Waals surface area contributed by atoms with Crippen LogP contribution in [0.15, 0.2) is 12.7 Å². The summed E-state index contributed by atoms with van der Waals surface area (Å²) in [5, 5.41) is 11.2. The minimum absolute atomic E-state index is 0.0405. The fraction of sp³-hybridized carbons (Fsp3) is 0.600. The van der Waals surface area contributed by atoms with Crippen molar-refractivity contribution < 1.29 is 19.4 Å². The van der Waals surface area contributed by atoms with Gasteiger partial charge >= 0.3 is 12.1 Å². The minimum Gasteiger partial charge on any atom is -0.480 e. The Labute approximate surface area is 88.1 Å². The molecule has 0 aromatic rings. The lowest BCUT2D eigenvalue weighted by molar-refractivity contribution is -0.141. The van der Waals surface area contributed by atoms with Crippen LogP contribution in [0.2, 0.25) is 0 Å². The van der Waals surface area contributed by atoms with Crippen molar-refractivity contribution >= 4 is 12.1 Å². The summed E-state index contributed by atoms with van der Waals surface area (Å²) in [5.41, 5.74) is 0. The Morgan fingerprint density at radius 2 is 2.27 bits per heavy atom. The average Bonchev–Trinajstić information content (AvgIpc) is 2.10. The molecule has 0 aliphatic heterocycles. The summed E-state index contributed by atoms with van der Waals surface area (Å²) >= 11 is 0. The summed E-state index contributed by atoms with van der Waals surface area (Å²) in [5.74, 6) is -0.964. The smallest absolute Gasteiger partial charge is 0.408 e. The molecule has 0 heterocycles. The van der Waals surface area contributed by atoms with Gasteiger partial charge in [0.2, 0.25) is 0 Å². The van der Waals surface area contributed by atoms with Gasteiger partial charge in [-0.2, -0.15) is 0 Å². The van der Waals surface area contributed by atoms with Crippen LogP contribution in [-0.4, -0.2) is 29.8 Å². The maximum atomic E-state index is 11.1. The Morgan fingerprint density at radius 3 is 2.67 bits per heavy atom. The van der Waals surface area contributed by atoms with Gasteiger partial charge in [-0.05, 0) is 18.8 Å². The molecule has 1 atom stereocenters. The van der Waals surface area contributed by atoms with E-state index in [0.717, 1.165) is 19.3 Å². The fourth-order valence-corrected chi connectivity index (χ4v) is 1.46. The molecule has 1 rings (SSSR count). The zero-order valence-electron chi connectivity index (χ0n) is 8.44. The monoisotopic (exact) mass is 213 g/mol. The van der Waals surface area contributed by atoms with E-state index in [-0.39, 0.29) is 12.5 Å². The van der Waals surface area contributed by atoms with Gasteiger partial charge in [0, 0.05) is 0 Å². The molecule has 84 valence electrons. The first-order valence-corrected chi connectivity index (χ1v) is 4.92. The van der Waals surface area contributed by atoms with Crippen LogP contribution in [-0.2, 0) is 9.53 Å². The van der Waals surface area contributed by atoms with Gasteiger partial charge in [0.15, 0.2) is 0 Å². The van der Waals surface area contributed by atoms with Crippen LogP contribution in [0.4, 0.5) is 4.79 Å². The van der Waals surface area contributed by atoms with Crippen molar-refractivity contribution in [3.63, 3.8) is 0 Å². The molecule has 0 aromatic carbocycles. The van der Waals surface area contributed by atoms with Crippen LogP contribution in [0.25, 0.3) is 0 Å². The molecular weight excluding hydrogens is 198 g/mol. The number of carboxylic acids is 1. The third-order valence-corrected chi connectivity index (χ3v) is 2.49. The van der Waals surface area contributed by atoms with Gasteiger partial charge in [-0.1, -0.05) is 19.1 Å². The summed E-state index contributed by atoms with van der Waals surface area (Å²) < 4.78 is 4.66. The number of amides is 1. The first-order chi connectivity index (χ1) is 7.15. The second-order valence-corrected chi connectivity index (χ2v) is 3.54. The van der Waals surface area contributed by atoms with Gasteiger partial charge in [0.1, 0.15) is 12.6 Å². The molecule has 0 bridgehead atoms. The highest BCUT2D eigenvalue weighted by Crippen LogP contribution is 2.29. The van der Waals surface area contributed by atoms with Crippen molar-refractivity contribution in [2.45, 2.75) is 25.3 Å². The Hall–Kier alpha value is -1.52. The van der Waals surface area contributed by atoms with E-state index in [1.165, 1.54) is 6.08 Å². The summed E-state index contributed by atoms with van der Waals surface area (Å²) in [7, 11) is 0. The molecule has 2 N–H and O–H groups in total.